The molecule has 0 amide bonds. The second-order valence-corrected chi connectivity index (χ2v) is 7.58. The van der Waals surface area contributed by atoms with Crippen molar-refractivity contribution in [2.45, 2.75) is 18.9 Å². The molecule has 7 nitrogen and oxygen atoms in total. The fourth-order valence-electron chi connectivity index (χ4n) is 3.06. The lowest BCUT2D eigenvalue weighted by atomic mass is 10.2. The molecule has 0 aliphatic carbocycles. The normalized spacial score (nSPS) is 11.5. The Labute approximate surface area is 168 Å². The minimum Gasteiger partial charge on any atom is -0.303 e. The van der Waals surface area contributed by atoms with Crippen LogP contribution in [0.3, 0.4) is 0 Å². The van der Waals surface area contributed by atoms with E-state index in [2.05, 4.69) is 23.7 Å². The quantitative estimate of drug-likeness (QED) is 0.448. The number of fused-ring (bicyclic) bond motifs is 1. The Morgan fingerprint density at radius 2 is 1.68 bits per heavy atom. The van der Waals surface area contributed by atoms with Gasteiger partial charge in [0.2, 0.25) is 0 Å². The summed E-state index contributed by atoms with van der Waals surface area (Å²) in [7, 11) is 3.12. The fraction of sp³-hybridized carbons (Fsp3) is 0.400. The van der Waals surface area contributed by atoms with Crippen molar-refractivity contribution >= 4 is 22.8 Å². The lowest BCUT2D eigenvalue weighted by Crippen LogP contribution is -2.37. The molecule has 0 saturated carbocycles. The monoisotopic (exact) mass is 399 g/mol. The fourth-order valence-corrected chi connectivity index (χ4v) is 4.08. The van der Waals surface area contributed by atoms with Crippen LogP contribution in [0.25, 0.3) is 22.4 Å². The standard InChI is InChI=1S/C20H25N5O2S/c1-5-25(6-2)12-13-28-18-15-17(23(3)20(27)24(4)19(15)26)21-16(22-18)14-10-8-7-9-11-14/h7-11H,5-6,12-13H2,1-4H3. The minimum atomic E-state index is -0.394. The van der Waals surface area contributed by atoms with Gasteiger partial charge in [-0.05, 0) is 13.1 Å². The molecule has 2 heterocycles. The minimum absolute atomic E-state index is 0.358. The molecule has 0 bridgehead atoms. The average Bonchev–Trinajstić information content (AvgIpc) is 2.73. The van der Waals surface area contributed by atoms with E-state index in [1.165, 1.54) is 23.4 Å². The van der Waals surface area contributed by atoms with Gasteiger partial charge in [0.15, 0.2) is 11.5 Å². The predicted octanol–water partition coefficient (Wildman–Crippen LogP) is 2.13. The highest BCUT2D eigenvalue weighted by Crippen LogP contribution is 2.26. The molecule has 0 fully saturated rings. The zero-order valence-electron chi connectivity index (χ0n) is 16.7. The number of rotatable bonds is 7. The molecule has 1 aromatic carbocycles. The van der Waals surface area contributed by atoms with Crippen molar-refractivity contribution in [2.24, 2.45) is 14.1 Å². The molecule has 8 heteroatoms. The third-order valence-corrected chi connectivity index (χ3v) is 5.80. The van der Waals surface area contributed by atoms with Gasteiger partial charge >= 0.3 is 5.69 Å². The first-order chi connectivity index (χ1) is 13.5. The molecule has 3 aromatic rings. The van der Waals surface area contributed by atoms with Crippen molar-refractivity contribution in [3.63, 3.8) is 0 Å². The van der Waals surface area contributed by atoms with E-state index in [0.717, 1.165) is 35.5 Å². The summed E-state index contributed by atoms with van der Waals surface area (Å²) in [6, 6.07) is 9.60. The number of nitrogens with zero attached hydrogens (tertiary/aromatic N) is 5. The maximum absolute atomic E-state index is 12.8. The molecule has 3 rings (SSSR count). The Morgan fingerprint density at radius 1 is 1.00 bits per heavy atom. The van der Waals surface area contributed by atoms with E-state index in [9.17, 15) is 9.59 Å². The highest BCUT2D eigenvalue weighted by atomic mass is 32.2. The van der Waals surface area contributed by atoms with Crippen molar-refractivity contribution in [3.8, 4) is 11.4 Å². The average molecular weight is 400 g/mol. The van der Waals surface area contributed by atoms with Gasteiger partial charge in [-0.2, -0.15) is 0 Å². The topological polar surface area (TPSA) is 73.0 Å². The molecule has 0 saturated heterocycles. The van der Waals surface area contributed by atoms with Gasteiger partial charge in [0.05, 0.1) is 0 Å². The van der Waals surface area contributed by atoms with Gasteiger partial charge < -0.3 is 4.90 Å². The first-order valence-electron chi connectivity index (χ1n) is 9.36. The summed E-state index contributed by atoms with van der Waals surface area (Å²) in [5, 5.41) is 1.01. The van der Waals surface area contributed by atoms with E-state index in [0.29, 0.717) is 21.9 Å². The molecule has 28 heavy (non-hydrogen) atoms. The van der Waals surface area contributed by atoms with Crippen molar-refractivity contribution in [1.82, 2.24) is 24.0 Å². The molecular formula is C20H25N5O2S. The molecule has 0 spiro atoms. The van der Waals surface area contributed by atoms with Crippen LogP contribution in [0.2, 0.25) is 0 Å². The second-order valence-electron chi connectivity index (χ2n) is 6.50. The van der Waals surface area contributed by atoms with Crippen LogP contribution < -0.4 is 11.2 Å². The lowest BCUT2D eigenvalue weighted by molar-refractivity contribution is 0.324. The van der Waals surface area contributed by atoms with Crippen LogP contribution in [0, 0.1) is 0 Å². The van der Waals surface area contributed by atoms with Gasteiger partial charge in [-0.25, -0.2) is 14.8 Å². The van der Waals surface area contributed by atoms with Crippen LogP contribution in [-0.4, -0.2) is 49.4 Å². The van der Waals surface area contributed by atoms with Gasteiger partial charge in [0, 0.05) is 32.0 Å². The number of thioether (sulfide) groups is 1. The Morgan fingerprint density at radius 3 is 2.32 bits per heavy atom. The molecule has 2 aromatic heterocycles. The van der Waals surface area contributed by atoms with Crippen molar-refractivity contribution in [2.75, 3.05) is 25.4 Å². The van der Waals surface area contributed by atoms with Crippen molar-refractivity contribution in [3.05, 3.63) is 51.2 Å². The first-order valence-corrected chi connectivity index (χ1v) is 10.3. The SMILES string of the molecule is CCN(CC)CCSc1nc(-c2ccccc2)nc2c1c(=O)n(C)c(=O)n2C. The van der Waals surface area contributed by atoms with E-state index in [-0.39, 0.29) is 5.56 Å². The summed E-state index contributed by atoms with van der Waals surface area (Å²) in [6.45, 7) is 7.12. The summed E-state index contributed by atoms with van der Waals surface area (Å²) in [5.41, 5.74) is 0.466. The Balaban J connectivity index is 2.16. The summed E-state index contributed by atoms with van der Waals surface area (Å²) in [4.78, 5) is 36.8. The maximum Gasteiger partial charge on any atom is 0.332 e. The number of hydrogen-bond acceptors (Lipinski definition) is 6. The smallest absolute Gasteiger partial charge is 0.303 e. The second kappa shape index (κ2) is 8.70. The van der Waals surface area contributed by atoms with Crippen LogP contribution >= 0.6 is 11.8 Å². The summed E-state index contributed by atoms with van der Waals surface area (Å²) >= 11 is 1.53. The molecule has 0 unspecified atom stereocenters. The largest absolute Gasteiger partial charge is 0.332 e. The van der Waals surface area contributed by atoms with Gasteiger partial charge in [0.1, 0.15) is 10.4 Å². The molecule has 148 valence electrons. The van der Waals surface area contributed by atoms with E-state index in [4.69, 9.17) is 4.98 Å². The molecule has 0 aliphatic rings. The Hall–Kier alpha value is -2.45. The number of hydrogen-bond donors (Lipinski definition) is 0. The number of aromatic nitrogens is 4. The van der Waals surface area contributed by atoms with E-state index in [1.807, 2.05) is 30.3 Å². The van der Waals surface area contributed by atoms with E-state index < -0.39 is 5.69 Å². The highest BCUT2D eigenvalue weighted by molar-refractivity contribution is 7.99. The Kier molecular flexibility index (Phi) is 6.31. The van der Waals surface area contributed by atoms with E-state index in [1.54, 1.807) is 7.05 Å². The number of aryl methyl sites for hydroxylation is 1. The van der Waals surface area contributed by atoms with Gasteiger partial charge in [0.25, 0.3) is 5.56 Å². The third kappa shape index (κ3) is 3.88. The van der Waals surface area contributed by atoms with Crippen LogP contribution in [-0.2, 0) is 14.1 Å². The lowest BCUT2D eigenvalue weighted by Gasteiger charge is -2.17. The molecule has 0 radical (unpaired) electrons. The number of benzene rings is 1. The maximum atomic E-state index is 12.8. The Bertz CT molecular complexity index is 1090. The molecule has 0 aliphatic heterocycles. The molecular weight excluding hydrogens is 374 g/mol. The highest BCUT2D eigenvalue weighted by Gasteiger charge is 2.18. The van der Waals surface area contributed by atoms with Gasteiger partial charge in [-0.1, -0.05) is 44.2 Å². The van der Waals surface area contributed by atoms with Crippen molar-refractivity contribution in [1.29, 1.82) is 0 Å². The van der Waals surface area contributed by atoms with Gasteiger partial charge in [-0.3, -0.25) is 13.9 Å². The van der Waals surface area contributed by atoms with Crippen LogP contribution in [0.5, 0.6) is 0 Å². The van der Waals surface area contributed by atoms with Crippen LogP contribution in [0.15, 0.2) is 44.9 Å². The van der Waals surface area contributed by atoms with Crippen molar-refractivity contribution < 1.29 is 0 Å². The third-order valence-electron chi connectivity index (χ3n) is 4.84. The zero-order chi connectivity index (χ0) is 20.3. The van der Waals surface area contributed by atoms with Gasteiger partial charge in [-0.15, -0.1) is 11.8 Å². The summed E-state index contributed by atoms with van der Waals surface area (Å²) < 4.78 is 2.53. The first kappa shape index (κ1) is 20.3. The predicted molar refractivity (Wildman–Crippen MR) is 114 cm³/mol. The summed E-state index contributed by atoms with van der Waals surface area (Å²) in [5.74, 6) is 1.32. The van der Waals surface area contributed by atoms with E-state index >= 15 is 0 Å². The molecule has 0 atom stereocenters. The van der Waals surface area contributed by atoms with Crippen LogP contribution in [0.1, 0.15) is 13.8 Å². The zero-order valence-corrected chi connectivity index (χ0v) is 17.5. The summed E-state index contributed by atoms with van der Waals surface area (Å²) in [6.07, 6.45) is 0. The molecule has 0 N–H and O–H groups in total. The van der Waals surface area contributed by atoms with Crippen LogP contribution in [0.4, 0.5) is 0 Å².